The number of anilines is 1. The Bertz CT molecular complexity index is 944. The van der Waals surface area contributed by atoms with Crippen LogP contribution in [0.3, 0.4) is 0 Å². The van der Waals surface area contributed by atoms with Crippen molar-refractivity contribution in [1.82, 2.24) is 15.3 Å². The Morgan fingerprint density at radius 3 is 2.85 bits per heavy atom. The number of nitrogens with zero attached hydrogens (tertiary/aromatic N) is 1. The van der Waals surface area contributed by atoms with E-state index in [4.69, 9.17) is 4.74 Å². The minimum Gasteiger partial charge on any atom is -0.485 e. The molecule has 0 fully saturated rings. The highest BCUT2D eigenvalue weighted by atomic mass is 16.5. The molecule has 134 valence electrons. The number of carbonyl (C=O) groups is 1. The molecular weight excluding hydrogens is 328 g/mol. The van der Waals surface area contributed by atoms with Crippen LogP contribution in [0.15, 0.2) is 42.5 Å². The van der Waals surface area contributed by atoms with Crippen molar-refractivity contribution in [3.8, 4) is 5.75 Å². The molecule has 2 heterocycles. The van der Waals surface area contributed by atoms with Crippen molar-refractivity contribution in [2.45, 2.75) is 38.8 Å². The van der Waals surface area contributed by atoms with Gasteiger partial charge in [0, 0.05) is 12.0 Å². The molecule has 3 aromatic rings. The number of H-pyrrole nitrogens is 1. The summed E-state index contributed by atoms with van der Waals surface area (Å²) in [5, 5.41) is 5.82. The number of para-hydroxylation sites is 3. The summed E-state index contributed by atoms with van der Waals surface area (Å²) in [6.45, 7) is 5.98. The molecule has 4 rings (SSSR count). The molecule has 3 N–H and O–H groups in total. The third-order valence-corrected chi connectivity index (χ3v) is 4.50. The number of benzene rings is 2. The first-order valence-corrected chi connectivity index (χ1v) is 8.74. The molecule has 0 aliphatic carbocycles. The summed E-state index contributed by atoms with van der Waals surface area (Å²) < 4.78 is 5.99. The normalized spacial score (nSPS) is 16.0. The summed E-state index contributed by atoms with van der Waals surface area (Å²) in [4.78, 5) is 20.2. The first-order chi connectivity index (χ1) is 12.4. The predicted molar refractivity (Wildman–Crippen MR) is 102 cm³/mol. The van der Waals surface area contributed by atoms with Crippen LogP contribution in [0.5, 0.6) is 5.75 Å². The van der Waals surface area contributed by atoms with Crippen LogP contribution in [-0.2, 0) is 6.42 Å². The van der Waals surface area contributed by atoms with Crippen LogP contribution in [0, 0.1) is 0 Å². The Morgan fingerprint density at radius 2 is 2.04 bits per heavy atom. The fraction of sp³-hybridized carbons (Fsp3) is 0.300. The number of urea groups is 1. The summed E-state index contributed by atoms with van der Waals surface area (Å²) in [6, 6.07) is 13.1. The second-order valence-electron chi connectivity index (χ2n) is 7.29. The van der Waals surface area contributed by atoms with Gasteiger partial charge in [0.1, 0.15) is 17.2 Å². The van der Waals surface area contributed by atoms with Gasteiger partial charge in [-0.15, -0.1) is 0 Å². The van der Waals surface area contributed by atoms with Crippen molar-refractivity contribution >= 4 is 22.8 Å². The Labute approximate surface area is 152 Å². The second-order valence-corrected chi connectivity index (χ2v) is 7.29. The minimum absolute atomic E-state index is 0.252. The summed E-state index contributed by atoms with van der Waals surface area (Å²) in [6.07, 6.45) is 0.828. The minimum atomic E-state index is -0.292. The fourth-order valence-corrected chi connectivity index (χ4v) is 3.32. The molecule has 1 aromatic heterocycles. The van der Waals surface area contributed by atoms with Crippen LogP contribution >= 0.6 is 0 Å². The first kappa shape index (κ1) is 16.4. The number of rotatable bonds is 3. The molecular formula is C20H22N4O2. The number of ether oxygens (including phenoxy) is 1. The number of carbonyl (C=O) groups excluding carboxylic acids is 1. The van der Waals surface area contributed by atoms with Crippen molar-refractivity contribution in [3.63, 3.8) is 0 Å². The van der Waals surface area contributed by atoms with Gasteiger partial charge in [-0.1, -0.05) is 24.3 Å². The molecule has 6 heteroatoms. The quantitative estimate of drug-likeness (QED) is 0.664. The van der Waals surface area contributed by atoms with E-state index in [0.717, 1.165) is 34.6 Å². The number of fused-ring (bicyclic) bond motifs is 2. The van der Waals surface area contributed by atoms with E-state index in [1.807, 2.05) is 63.2 Å². The van der Waals surface area contributed by atoms with Gasteiger partial charge in [-0.2, -0.15) is 0 Å². The second kappa shape index (κ2) is 6.05. The maximum absolute atomic E-state index is 12.5. The Hall–Kier alpha value is -3.02. The van der Waals surface area contributed by atoms with Crippen LogP contribution in [0.1, 0.15) is 38.2 Å². The SMILES string of the molecule is C[C@H](NC(=O)Nc1cccc2c1OC(C)(C)C2)c1nc2ccccc2[nH]1. The highest BCUT2D eigenvalue weighted by molar-refractivity contribution is 5.91. The number of hydrogen-bond donors (Lipinski definition) is 3. The van der Waals surface area contributed by atoms with E-state index in [2.05, 4.69) is 20.6 Å². The predicted octanol–water partition coefficient (Wildman–Crippen LogP) is 4.16. The van der Waals surface area contributed by atoms with E-state index in [9.17, 15) is 4.79 Å². The van der Waals surface area contributed by atoms with Gasteiger partial charge in [0.15, 0.2) is 0 Å². The van der Waals surface area contributed by atoms with Crippen LogP contribution in [0.4, 0.5) is 10.5 Å². The van der Waals surface area contributed by atoms with Gasteiger partial charge in [-0.3, -0.25) is 0 Å². The van der Waals surface area contributed by atoms with Gasteiger partial charge in [0.2, 0.25) is 0 Å². The molecule has 0 saturated carbocycles. The average Bonchev–Trinajstić information content (AvgIpc) is 3.14. The van der Waals surface area contributed by atoms with Crippen molar-refractivity contribution in [2.24, 2.45) is 0 Å². The van der Waals surface area contributed by atoms with E-state index in [1.54, 1.807) is 0 Å². The smallest absolute Gasteiger partial charge is 0.319 e. The number of imidazole rings is 1. The lowest BCUT2D eigenvalue weighted by Gasteiger charge is -2.19. The molecule has 0 radical (unpaired) electrons. The van der Waals surface area contributed by atoms with Gasteiger partial charge >= 0.3 is 6.03 Å². The van der Waals surface area contributed by atoms with Crippen LogP contribution < -0.4 is 15.4 Å². The fourth-order valence-electron chi connectivity index (χ4n) is 3.32. The third kappa shape index (κ3) is 3.10. The van der Waals surface area contributed by atoms with Crippen molar-refractivity contribution in [1.29, 1.82) is 0 Å². The van der Waals surface area contributed by atoms with Crippen LogP contribution in [0.2, 0.25) is 0 Å². The third-order valence-electron chi connectivity index (χ3n) is 4.50. The van der Waals surface area contributed by atoms with E-state index in [1.165, 1.54) is 0 Å². The summed E-state index contributed by atoms with van der Waals surface area (Å²) >= 11 is 0. The van der Waals surface area contributed by atoms with Crippen LogP contribution in [0.25, 0.3) is 11.0 Å². The van der Waals surface area contributed by atoms with Gasteiger partial charge in [0.25, 0.3) is 0 Å². The van der Waals surface area contributed by atoms with Gasteiger partial charge in [-0.05, 0) is 39.0 Å². The number of aromatic amines is 1. The molecule has 26 heavy (non-hydrogen) atoms. The standard InChI is InChI=1S/C20H22N4O2/c1-12(18-22-14-8-4-5-9-15(14)23-18)21-19(25)24-16-10-6-7-13-11-20(2,3)26-17(13)16/h4-10,12H,11H2,1-3H3,(H,22,23)(H2,21,24,25)/t12-/m0/s1. The molecule has 2 amide bonds. The molecule has 1 aliphatic rings. The molecule has 6 nitrogen and oxygen atoms in total. The molecule has 0 unspecified atom stereocenters. The number of nitrogens with one attached hydrogen (secondary N) is 3. The van der Waals surface area contributed by atoms with Gasteiger partial charge < -0.3 is 20.4 Å². The zero-order valence-electron chi connectivity index (χ0n) is 15.1. The highest BCUT2D eigenvalue weighted by Gasteiger charge is 2.32. The van der Waals surface area contributed by atoms with Gasteiger partial charge in [0.05, 0.1) is 22.8 Å². The average molecular weight is 350 g/mol. The molecule has 0 bridgehead atoms. The van der Waals surface area contributed by atoms with E-state index in [-0.39, 0.29) is 17.7 Å². The number of hydrogen-bond acceptors (Lipinski definition) is 3. The van der Waals surface area contributed by atoms with Crippen molar-refractivity contribution in [3.05, 3.63) is 53.9 Å². The van der Waals surface area contributed by atoms with Crippen LogP contribution in [-0.4, -0.2) is 21.6 Å². The molecule has 0 spiro atoms. The monoisotopic (exact) mass is 350 g/mol. The lowest BCUT2D eigenvalue weighted by atomic mass is 10.0. The van der Waals surface area contributed by atoms with Gasteiger partial charge in [-0.25, -0.2) is 9.78 Å². The largest absolute Gasteiger partial charge is 0.485 e. The van der Waals surface area contributed by atoms with Crippen molar-refractivity contribution < 1.29 is 9.53 Å². The van der Waals surface area contributed by atoms with E-state index < -0.39 is 0 Å². The Kier molecular flexibility index (Phi) is 3.83. The van der Waals surface area contributed by atoms with E-state index in [0.29, 0.717) is 5.69 Å². The van der Waals surface area contributed by atoms with E-state index >= 15 is 0 Å². The summed E-state index contributed by atoms with van der Waals surface area (Å²) in [5.74, 6) is 1.47. The summed E-state index contributed by atoms with van der Waals surface area (Å²) in [5.41, 5.74) is 3.37. The first-order valence-electron chi connectivity index (χ1n) is 8.74. The zero-order valence-corrected chi connectivity index (χ0v) is 15.1. The maximum Gasteiger partial charge on any atom is 0.319 e. The molecule has 1 aliphatic heterocycles. The Balaban J connectivity index is 1.47. The zero-order chi connectivity index (χ0) is 18.3. The molecule has 1 atom stereocenters. The summed E-state index contributed by atoms with van der Waals surface area (Å²) in [7, 11) is 0. The maximum atomic E-state index is 12.5. The molecule has 0 saturated heterocycles. The molecule has 2 aromatic carbocycles. The Morgan fingerprint density at radius 1 is 1.23 bits per heavy atom. The number of amides is 2. The number of aromatic nitrogens is 2. The lowest BCUT2D eigenvalue weighted by Crippen LogP contribution is -2.32. The van der Waals surface area contributed by atoms with Crippen molar-refractivity contribution in [2.75, 3.05) is 5.32 Å². The highest BCUT2D eigenvalue weighted by Crippen LogP contribution is 2.40. The lowest BCUT2D eigenvalue weighted by molar-refractivity contribution is 0.139. The topological polar surface area (TPSA) is 79.0 Å².